The van der Waals surface area contributed by atoms with Crippen molar-refractivity contribution in [2.24, 2.45) is 0 Å². The van der Waals surface area contributed by atoms with Crippen molar-refractivity contribution in [3.8, 4) is 0 Å². The van der Waals surface area contributed by atoms with E-state index < -0.39 is 0 Å². The highest BCUT2D eigenvalue weighted by Crippen LogP contribution is 2.20. The largest absolute Gasteiger partial charge is 0.147 e. The zero-order valence-corrected chi connectivity index (χ0v) is 8.87. The molecule has 72 valence electrons. The van der Waals surface area contributed by atoms with Crippen LogP contribution in [0.25, 0.3) is 0 Å². The molecule has 0 saturated carbocycles. The Hall–Kier alpha value is -1.22. The molecule has 0 fully saturated rings. The molecule has 1 aromatic heterocycles. The zero-order valence-electron chi connectivity index (χ0n) is 8.05. The van der Waals surface area contributed by atoms with Gasteiger partial charge in [0.15, 0.2) is 0 Å². The van der Waals surface area contributed by atoms with Crippen molar-refractivity contribution in [3.63, 3.8) is 0 Å². The lowest BCUT2D eigenvalue weighted by Crippen LogP contribution is -1.97. The minimum atomic E-state index is 0.518. The standard InChI is InChI=1S/C11H12N2S/c1-9(7-11-13-12-8-14-11)10-5-3-2-4-6-10/h2-6,8-9H,7H2,1H3. The molecule has 0 radical (unpaired) electrons. The number of aromatic nitrogens is 2. The molecule has 0 bridgehead atoms. The highest BCUT2D eigenvalue weighted by atomic mass is 32.1. The van der Waals surface area contributed by atoms with Crippen molar-refractivity contribution < 1.29 is 0 Å². The molecule has 0 N–H and O–H groups in total. The van der Waals surface area contributed by atoms with Gasteiger partial charge in [0, 0.05) is 6.42 Å². The molecule has 1 unspecified atom stereocenters. The third-order valence-corrected chi connectivity index (χ3v) is 2.97. The Kier molecular flexibility index (Phi) is 2.89. The first-order valence-electron chi connectivity index (χ1n) is 4.66. The Bertz CT molecular complexity index is 369. The van der Waals surface area contributed by atoms with Gasteiger partial charge in [-0.2, -0.15) is 0 Å². The van der Waals surface area contributed by atoms with Crippen LogP contribution in [0.1, 0.15) is 23.4 Å². The Morgan fingerprint density at radius 1 is 1.29 bits per heavy atom. The molecule has 0 aliphatic heterocycles. The van der Waals surface area contributed by atoms with Gasteiger partial charge in [0.2, 0.25) is 0 Å². The van der Waals surface area contributed by atoms with E-state index in [0.29, 0.717) is 5.92 Å². The van der Waals surface area contributed by atoms with Gasteiger partial charge in [0.1, 0.15) is 10.5 Å². The van der Waals surface area contributed by atoms with Gasteiger partial charge in [-0.05, 0) is 11.5 Å². The Morgan fingerprint density at radius 2 is 2.07 bits per heavy atom. The molecule has 1 aromatic carbocycles. The molecule has 0 aliphatic rings. The molecule has 1 atom stereocenters. The van der Waals surface area contributed by atoms with Gasteiger partial charge in [0.05, 0.1) is 0 Å². The summed E-state index contributed by atoms with van der Waals surface area (Å²) in [5.41, 5.74) is 3.15. The molecular formula is C11H12N2S. The van der Waals surface area contributed by atoms with Crippen LogP contribution in [0, 0.1) is 0 Å². The van der Waals surface area contributed by atoms with Crippen molar-refractivity contribution in [1.82, 2.24) is 10.2 Å². The molecule has 0 spiro atoms. The van der Waals surface area contributed by atoms with E-state index in [0.717, 1.165) is 11.4 Å². The monoisotopic (exact) mass is 204 g/mol. The van der Waals surface area contributed by atoms with Crippen LogP contribution in [-0.4, -0.2) is 10.2 Å². The van der Waals surface area contributed by atoms with E-state index in [1.165, 1.54) is 5.56 Å². The number of benzene rings is 1. The average molecular weight is 204 g/mol. The second kappa shape index (κ2) is 4.33. The first kappa shape index (κ1) is 9.34. The lowest BCUT2D eigenvalue weighted by molar-refractivity contribution is 0.745. The van der Waals surface area contributed by atoms with Gasteiger partial charge >= 0.3 is 0 Å². The molecular weight excluding hydrogens is 192 g/mol. The smallest absolute Gasteiger partial charge is 0.117 e. The van der Waals surface area contributed by atoms with Crippen molar-refractivity contribution >= 4 is 11.3 Å². The molecule has 2 aromatic rings. The van der Waals surface area contributed by atoms with Crippen LogP contribution in [0.2, 0.25) is 0 Å². The fraction of sp³-hybridized carbons (Fsp3) is 0.273. The Balaban J connectivity index is 2.07. The van der Waals surface area contributed by atoms with Crippen molar-refractivity contribution in [2.75, 3.05) is 0 Å². The lowest BCUT2D eigenvalue weighted by Gasteiger charge is -2.08. The van der Waals surface area contributed by atoms with Crippen LogP contribution in [-0.2, 0) is 6.42 Å². The fourth-order valence-electron chi connectivity index (χ4n) is 1.45. The van der Waals surface area contributed by atoms with E-state index in [-0.39, 0.29) is 0 Å². The second-order valence-corrected chi connectivity index (χ2v) is 4.27. The van der Waals surface area contributed by atoms with Crippen LogP contribution < -0.4 is 0 Å². The van der Waals surface area contributed by atoms with Crippen LogP contribution in [0.3, 0.4) is 0 Å². The summed E-state index contributed by atoms with van der Waals surface area (Å²) in [6, 6.07) is 10.5. The molecule has 0 aliphatic carbocycles. The summed E-state index contributed by atoms with van der Waals surface area (Å²) in [4.78, 5) is 0. The molecule has 2 nitrogen and oxygen atoms in total. The first-order chi connectivity index (χ1) is 6.86. The molecule has 0 saturated heterocycles. The molecule has 3 heteroatoms. The number of hydrogen-bond acceptors (Lipinski definition) is 3. The third-order valence-electron chi connectivity index (χ3n) is 2.25. The number of rotatable bonds is 3. The van der Waals surface area contributed by atoms with E-state index in [2.05, 4.69) is 41.4 Å². The SMILES string of the molecule is CC(Cc1nncs1)c1ccccc1. The van der Waals surface area contributed by atoms with Gasteiger partial charge in [-0.25, -0.2) is 0 Å². The van der Waals surface area contributed by atoms with E-state index in [4.69, 9.17) is 0 Å². The summed E-state index contributed by atoms with van der Waals surface area (Å²) in [5, 5.41) is 9.00. The number of hydrogen-bond donors (Lipinski definition) is 0. The first-order valence-corrected chi connectivity index (χ1v) is 5.54. The molecule has 2 rings (SSSR count). The summed E-state index contributed by atoms with van der Waals surface area (Å²) in [6.07, 6.45) is 0.981. The predicted molar refractivity (Wildman–Crippen MR) is 58.5 cm³/mol. The minimum Gasteiger partial charge on any atom is -0.147 e. The van der Waals surface area contributed by atoms with Crippen LogP contribution >= 0.6 is 11.3 Å². The van der Waals surface area contributed by atoms with Gasteiger partial charge in [-0.1, -0.05) is 37.3 Å². The number of nitrogens with zero attached hydrogens (tertiary/aromatic N) is 2. The quantitative estimate of drug-likeness (QED) is 0.768. The summed E-state index contributed by atoms with van der Waals surface area (Å²) < 4.78 is 0. The van der Waals surface area contributed by atoms with Crippen molar-refractivity contribution in [3.05, 3.63) is 46.4 Å². The lowest BCUT2D eigenvalue weighted by atomic mass is 9.98. The normalized spacial score (nSPS) is 12.6. The summed E-state index contributed by atoms with van der Waals surface area (Å²) in [6.45, 7) is 2.22. The highest BCUT2D eigenvalue weighted by molar-refractivity contribution is 7.09. The van der Waals surface area contributed by atoms with Crippen molar-refractivity contribution in [2.45, 2.75) is 19.3 Å². The van der Waals surface area contributed by atoms with E-state index in [9.17, 15) is 0 Å². The van der Waals surface area contributed by atoms with Gasteiger partial charge in [-0.3, -0.25) is 0 Å². The zero-order chi connectivity index (χ0) is 9.80. The summed E-state index contributed by atoms with van der Waals surface area (Å²) in [7, 11) is 0. The molecule has 14 heavy (non-hydrogen) atoms. The maximum Gasteiger partial charge on any atom is 0.117 e. The van der Waals surface area contributed by atoms with E-state index in [1.54, 1.807) is 16.8 Å². The topological polar surface area (TPSA) is 25.8 Å². The van der Waals surface area contributed by atoms with E-state index >= 15 is 0 Å². The van der Waals surface area contributed by atoms with Gasteiger partial charge in [-0.15, -0.1) is 21.5 Å². The third kappa shape index (κ3) is 2.17. The maximum atomic E-state index is 4.05. The highest BCUT2D eigenvalue weighted by Gasteiger charge is 2.07. The van der Waals surface area contributed by atoms with Crippen molar-refractivity contribution in [1.29, 1.82) is 0 Å². The second-order valence-electron chi connectivity index (χ2n) is 3.35. The van der Waals surface area contributed by atoms with Crippen LogP contribution in [0.15, 0.2) is 35.8 Å². The fourth-order valence-corrected chi connectivity index (χ4v) is 2.10. The Morgan fingerprint density at radius 3 is 2.71 bits per heavy atom. The maximum absolute atomic E-state index is 4.05. The molecule has 1 heterocycles. The minimum absolute atomic E-state index is 0.518. The molecule has 0 amide bonds. The summed E-state index contributed by atoms with van der Waals surface area (Å²) in [5.74, 6) is 0.518. The van der Waals surface area contributed by atoms with E-state index in [1.807, 2.05) is 6.07 Å². The average Bonchev–Trinajstić information content (AvgIpc) is 2.72. The van der Waals surface area contributed by atoms with Gasteiger partial charge < -0.3 is 0 Å². The van der Waals surface area contributed by atoms with Crippen LogP contribution in [0.5, 0.6) is 0 Å². The van der Waals surface area contributed by atoms with Gasteiger partial charge in [0.25, 0.3) is 0 Å². The predicted octanol–water partition coefficient (Wildman–Crippen LogP) is 2.88. The Labute approximate surface area is 87.6 Å². The summed E-state index contributed by atoms with van der Waals surface area (Å²) >= 11 is 1.62. The van der Waals surface area contributed by atoms with Crippen LogP contribution in [0.4, 0.5) is 0 Å².